The minimum atomic E-state index is -4.60. The maximum absolute atomic E-state index is 14.0. The third-order valence-electron chi connectivity index (χ3n) is 7.30. The molecule has 0 bridgehead atoms. The summed E-state index contributed by atoms with van der Waals surface area (Å²) in [5, 5.41) is 2.34. The van der Waals surface area contributed by atoms with E-state index in [1.807, 2.05) is 4.90 Å². The van der Waals surface area contributed by atoms with Gasteiger partial charge in [0.05, 0.1) is 17.6 Å². The van der Waals surface area contributed by atoms with Gasteiger partial charge in [0, 0.05) is 37.1 Å². The van der Waals surface area contributed by atoms with E-state index in [0.717, 1.165) is 38.2 Å². The Bertz CT molecular complexity index is 885. The van der Waals surface area contributed by atoms with E-state index in [4.69, 9.17) is 4.74 Å². The highest BCUT2D eigenvalue weighted by Crippen LogP contribution is 2.46. The molecule has 1 saturated carbocycles. The smallest absolute Gasteiger partial charge is 0.418 e. The van der Waals surface area contributed by atoms with E-state index in [-0.39, 0.29) is 29.9 Å². The quantitative estimate of drug-likeness (QED) is 0.642. The Morgan fingerprint density at radius 2 is 1.91 bits per heavy atom. The second-order valence-corrected chi connectivity index (χ2v) is 9.42. The molecule has 2 amide bonds. The third-order valence-corrected chi connectivity index (χ3v) is 7.30. The molecule has 2 aliphatic heterocycles. The molecule has 1 aliphatic carbocycles. The van der Waals surface area contributed by atoms with Crippen molar-refractivity contribution in [3.8, 4) is 0 Å². The molecule has 0 radical (unpaired) electrons. The van der Waals surface area contributed by atoms with E-state index in [2.05, 4.69) is 5.32 Å². The van der Waals surface area contributed by atoms with Crippen LogP contribution in [0.25, 0.3) is 0 Å². The third kappa shape index (κ3) is 4.92. The van der Waals surface area contributed by atoms with Crippen molar-refractivity contribution >= 4 is 23.4 Å². The van der Waals surface area contributed by atoms with Crippen molar-refractivity contribution in [2.24, 2.45) is 5.41 Å². The number of likely N-dealkylation sites (tertiary alicyclic amines) is 1. The van der Waals surface area contributed by atoms with Crippen molar-refractivity contribution in [1.82, 2.24) is 4.90 Å². The summed E-state index contributed by atoms with van der Waals surface area (Å²) in [6.45, 7) is 3.20. The monoisotopic (exact) mass is 467 g/mol. The highest BCUT2D eigenvalue weighted by Gasteiger charge is 2.51. The average Bonchev–Trinajstić information content (AvgIpc) is 3.09. The van der Waals surface area contributed by atoms with Gasteiger partial charge in [-0.1, -0.05) is 19.3 Å². The van der Waals surface area contributed by atoms with Gasteiger partial charge in [0.25, 0.3) is 0 Å². The maximum Gasteiger partial charge on any atom is 0.418 e. The molecule has 3 aliphatic rings. The summed E-state index contributed by atoms with van der Waals surface area (Å²) >= 11 is 0. The van der Waals surface area contributed by atoms with Crippen molar-refractivity contribution < 1.29 is 27.5 Å². The fraction of sp³-hybridized carbons (Fsp3) is 0.667. The van der Waals surface area contributed by atoms with Crippen LogP contribution in [0.3, 0.4) is 0 Å². The Morgan fingerprint density at radius 3 is 2.61 bits per heavy atom. The Labute approximate surface area is 192 Å². The van der Waals surface area contributed by atoms with E-state index >= 15 is 0 Å². The molecule has 33 heavy (non-hydrogen) atoms. The molecule has 1 N–H and O–H groups in total. The highest BCUT2D eigenvalue weighted by molar-refractivity contribution is 5.87. The lowest BCUT2D eigenvalue weighted by Crippen LogP contribution is -2.50. The van der Waals surface area contributed by atoms with Crippen LogP contribution in [0.2, 0.25) is 0 Å². The second-order valence-electron chi connectivity index (χ2n) is 9.42. The van der Waals surface area contributed by atoms with Gasteiger partial charge >= 0.3 is 12.3 Å². The van der Waals surface area contributed by atoms with E-state index < -0.39 is 23.2 Å². The van der Waals surface area contributed by atoms with Crippen LogP contribution in [0.4, 0.5) is 29.3 Å². The largest absolute Gasteiger partial charge is 0.450 e. The first-order valence-corrected chi connectivity index (χ1v) is 11.9. The fourth-order valence-corrected chi connectivity index (χ4v) is 5.71. The zero-order valence-corrected chi connectivity index (χ0v) is 19.0. The van der Waals surface area contributed by atoms with Gasteiger partial charge in [0.1, 0.15) is 0 Å². The summed E-state index contributed by atoms with van der Waals surface area (Å²) in [6.07, 6.45) is 2.22. The molecule has 0 aromatic heterocycles. The van der Waals surface area contributed by atoms with Crippen molar-refractivity contribution in [2.75, 3.05) is 36.5 Å². The van der Waals surface area contributed by atoms with Gasteiger partial charge in [-0.15, -0.1) is 0 Å². The fourth-order valence-electron chi connectivity index (χ4n) is 5.71. The number of nitrogens with zero attached hydrogens (tertiary/aromatic N) is 2. The van der Waals surface area contributed by atoms with Crippen LogP contribution in [-0.2, 0) is 15.7 Å². The molecule has 182 valence electrons. The average molecular weight is 468 g/mol. The summed E-state index contributed by atoms with van der Waals surface area (Å²) in [6, 6.07) is 4.06. The molecule has 2 heterocycles. The van der Waals surface area contributed by atoms with Crippen LogP contribution in [0.5, 0.6) is 0 Å². The number of halogens is 3. The van der Waals surface area contributed by atoms with E-state index in [9.17, 15) is 22.8 Å². The summed E-state index contributed by atoms with van der Waals surface area (Å²) in [4.78, 5) is 28.9. The molecular weight excluding hydrogens is 435 g/mol. The lowest BCUT2D eigenvalue weighted by Gasteiger charge is -2.42. The number of carbonyl (C=O) groups excluding carboxylic acids is 2. The van der Waals surface area contributed by atoms with Gasteiger partial charge in [-0.3, -0.25) is 10.1 Å². The van der Waals surface area contributed by atoms with Crippen molar-refractivity contribution in [3.05, 3.63) is 23.8 Å². The Balaban J connectivity index is 1.56. The van der Waals surface area contributed by atoms with Gasteiger partial charge in [-0.05, 0) is 57.2 Å². The first-order valence-electron chi connectivity index (χ1n) is 11.9. The van der Waals surface area contributed by atoms with Crippen LogP contribution in [0.1, 0.15) is 63.9 Å². The number of hydrogen-bond acceptors (Lipinski definition) is 4. The molecule has 6 nitrogen and oxygen atoms in total. The predicted molar refractivity (Wildman–Crippen MR) is 119 cm³/mol. The SMILES string of the molecule is CCOC(=O)Nc1ccc(N2CCC[C@]3(CCN(C4CCCCC4)C3=O)C2)c(C(F)(F)F)c1. The van der Waals surface area contributed by atoms with Gasteiger partial charge < -0.3 is 14.5 Å². The van der Waals surface area contributed by atoms with Crippen LogP contribution >= 0.6 is 0 Å². The highest BCUT2D eigenvalue weighted by atomic mass is 19.4. The molecule has 0 unspecified atom stereocenters. The molecule has 9 heteroatoms. The topological polar surface area (TPSA) is 61.9 Å². The molecular formula is C24H32F3N3O3. The number of ether oxygens (including phenoxy) is 1. The molecule has 4 rings (SSSR count). The van der Waals surface area contributed by atoms with Crippen molar-refractivity contribution in [1.29, 1.82) is 0 Å². The standard InChI is InChI=1S/C24H32F3N3O3/c1-2-33-22(32)28-17-9-10-20(19(15-17)24(25,26)27)29-13-6-11-23(16-29)12-14-30(21(23)31)18-7-4-3-5-8-18/h9-10,15,18H,2-8,11-14,16H2,1H3,(H,28,32)/t23-/m0/s1. The van der Waals surface area contributed by atoms with E-state index in [1.165, 1.54) is 18.6 Å². The van der Waals surface area contributed by atoms with Gasteiger partial charge in [0.15, 0.2) is 0 Å². The van der Waals surface area contributed by atoms with Crippen LogP contribution in [-0.4, -0.2) is 49.2 Å². The molecule has 3 fully saturated rings. The minimum Gasteiger partial charge on any atom is -0.450 e. The van der Waals surface area contributed by atoms with Gasteiger partial charge in [-0.2, -0.15) is 13.2 Å². The predicted octanol–water partition coefficient (Wildman–Crippen LogP) is 5.43. The number of anilines is 2. The molecule has 1 aromatic carbocycles. The van der Waals surface area contributed by atoms with Gasteiger partial charge in [-0.25, -0.2) is 4.79 Å². The van der Waals surface area contributed by atoms with Crippen molar-refractivity contribution in [3.63, 3.8) is 0 Å². The van der Waals surface area contributed by atoms with Crippen LogP contribution in [0, 0.1) is 5.41 Å². The number of nitrogens with one attached hydrogen (secondary N) is 1. The number of alkyl halides is 3. The summed E-state index contributed by atoms with van der Waals surface area (Å²) in [7, 11) is 0. The lowest BCUT2D eigenvalue weighted by atomic mass is 9.78. The van der Waals surface area contributed by atoms with Crippen LogP contribution < -0.4 is 10.2 Å². The van der Waals surface area contributed by atoms with Crippen LogP contribution in [0.15, 0.2) is 18.2 Å². The molecule has 1 spiro atoms. The zero-order valence-electron chi connectivity index (χ0n) is 19.0. The number of amides is 2. The number of benzene rings is 1. The summed E-state index contributed by atoms with van der Waals surface area (Å²) in [5.41, 5.74) is -1.35. The first-order chi connectivity index (χ1) is 15.7. The summed E-state index contributed by atoms with van der Waals surface area (Å²) < 4.78 is 46.7. The minimum absolute atomic E-state index is 0.0247. The molecule has 1 aromatic rings. The zero-order chi connectivity index (χ0) is 23.6. The number of carbonyl (C=O) groups is 2. The normalized spacial score (nSPS) is 24.4. The summed E-state index contributed by atoms with van der Waals surface area (Å²) in [5.74, 6) is 0.119. The maximum atomic E-state index is 14.0. The second kappa shape index (κ2) is 9.43. The van der Waals surface area contributed by atoms with E-state index in [0.29, 0.717) is 32.5 Å². The Kier molecular flexibility index (Phi) is 6.77. The number of piperidine rings is 1. The Hall–Kier alpha value is -2.45. The van der Waals surface area contributed by atoms with E-state index in [1.54, 1.807) is 11.8 Å². The lowest BCUT2D eigenvalue weighted by molar-refractivity contribution is -0.139. The van der Waals surface area contributed by atoms with Gasteiger partial charge in [0.2, 0.25) is 5.91 Å². The number of rotatable bonds is 4. The van der Waals surface area contributed by atoms with Crippen molar-refractivity contribution in [2.45, 2.75) is 70.5 Å². The molecule has 2 saturated heterocycles. The molecule has 1 atom stereocenters. The number of hydrogen-bond donors (Lipinski definition) is 1. The first kappa shape index (κ1) is 23.7. The Morgan fingerprint density at radius 1 is 1.15 bits per heavy atom.